The van der Waals surface area contributed by atoms with Crippen LogP contribution in [-0.2, 0) is 13.1 Å². The number of guanidine groups is 1. The van der Waals surface area contributed by atoms with Crippen LogP contribution in [0.1, 0.15) is 18.1 Å². The second kappa shape index (κ2) is 12.5. The highest BCUT2D eigenvalue weighted by atomic mass is 127. The average Bonchev–Trinajstić information content (AvgIpc) is 2.66. The second-order valence-electron chi connectivity index (χ2n) is 6.41. The number of nitrogens with zero attached hydrogens (tertiary/aromatic N) is 2. The Balaban J connectivity index is 0.00000392. The fourth-order valence-electron chi connectivity index (χ4n) is 2.72. The van der Waals surface area contributed by atoms with E-state index in [0.717, 1.165) is 18.0 Å². The van der Waals surface area contributed by atoms with Crippen molar-refractivity contribution >= 4 is 35.6 Å². The zero-order valence-electron chi connectivity index (χ0n) is 17.3. The molecule has 0 atom stereocenters. The smallest absolute Gasteiger partial charge is 0.195 e. The maximum Gasteiger partial charge on any atom is 0.195 e. The first-order valence-electron chi connectivity index (χ1n) is 9.06. The molecule has 0 saturated carbocycles. The monoisotopic (exact) mass is 498 g/mol. The Morgan fingerprint density at radius 1 is 1.07 bits per heavy atom. The summed E-state index contributed by atoms with van der Waals surface area (Å²) in [7, 11) is 7.53. The third-order valence-corrected chi connectivity index (χ3v) is 3.90. The number of aliphatic imine (C=N–C) groups is 1. The van der Waals surface area contributed by atoms with E-state index in [1.807, 2.05) is 25.1 Å². The van der Waals surface area contributed by atoms with Gasteiger partial charge < -0.3 is 25.0 Å². The van der Waals surface area contributed by atoms with Gasteiger partial charge in [-0.3, -0.25) is 4.99 Å². The predicted molar refractivity (Wildman–Crippen MR) is 127 cm³/mol. The van der Waals surface area contributed by atoms with Crippen LogP contribution < -0.4 is 20.1 Å². The first-order valence-corrected chi connectivity index (χ1v) is 9.06. The number of methoxy groups -OCH3 is 1. The Morgan fingerprint density at radius 2 is 1.82 bits per heavy atom. The summed E-state index contributed by atoms with van der Waals surface area (Å²) in [5.74, 6) is 2.11. The van der Waals surface area contributed by atoms with E-state index in [-0.39, 0.29) is 24.0 Å². The van der Waals surface area contributed by atoms with E-state index in [0.29, 0.717) is 24.9 Å². The highest BCUT2D eigenvalue weighted by molar-refractivity contribution is 14.0. The second-order valence-corrected chi connectivity index (χ2v) is 6.41. The van der Waals surface area contributed by atoms with Gasteiger partial charge in [0.25, 0.3) is 0 Å². The van der Waals surface area contributed by atoms with Gasteiger partial charge in [0, 0.05) is 31.9 Å². The fourth-order valence-corrected chi connectivity index (χ4v) is 2.72. The van der Waals surface area contributed by atoms with Gasteiger partial charge in [0.15, 0.2) is 17.5 Å². The van der Waals surface area contributed by atoms with Crippen LogP contribution in [0.4, 0.5) is 5.69 Å². The maximum atomic E-state index is 5.56. The molecule has 6 nitrogen and oxygen atoms in total. The van der Waals surface area contributed by atoms with Gasteiger partial charge in [0.05, 0.1) is 13.7 Å². The molecule has 2 N–H and O–H groups in total. The molecule has 7 heteroatoms. The highest BCUT2D eigenvalue weighted by Gasteiger charge is 2.07. The van der Waals surface area contributed by atoms with Gasteiger partial charge in [-0.2, -0.15) is 0 Å². The Bertz CT molecular complexity index is 766. The van der Waals surface area contributed by atoms with Crippen molar-refractivity contribution in [3.63, 3.8) is 0 Å². The summed E-state index contributed by atoms with van der Waals surface area (Å²) < 4.78 is 11.0. The van der Waals surface area contributed by atoms with Crippen molar-refractivity contribution in [2.45, 2.75) is 20.0 Å². The third-order valence-electron chi connectivity index (χ3n) is 3.90. The third kappa shape index (κ3) is 7.55. The van der Waals surface area contributed by atoms with Gasteiger partial charge >= 0.3 is 0 Å². The zero-order valence-corrected chi connectivity index (χ0v) is 19.6. The normalized spacial score (nSPS) is 11.0. The molecule has 0 unspecified atom stereocenters. The van der Waals surface area contributed by atoms with Crippen LogP contribution >= 0.6 is 24.0 Å². The number of benzene rings is 2. The molecular formula is C21H31IN4O2. The van der Waals surface area contributed by atoms with Crippen molar-refractivity contribution in [2.75, 3.05) is 40.2 Å². The molecule has 0 aromatic heterocycles. The standard InChI is InChI=1S/C21H30N4O2.HI/c1-6-27-19-11-10-18(13-20(19)26-5)24-21(22-2)23-14-16-8-7-9-17(12-16)15-25(3)4;/h7-13H,6,14-15H2,1-5H3,(H2,22,23,24);1H. The van der Waals surface area contributed by atoms with Gasteiger partial charge in [-0.1, -0.05) is 24.3 Å². The molecule has 0 bridgehead atoms. The van der Waals surface area contributed by atoms with E-state index in [9.17, 15) is 0 Å². The number of rotatable bonds is 8. The van der Waals surface area contributed by atoms with Crippen LogP contribution in [0, 0.1) is 0 Å². The molecular weight excluding hydrogens is 467 g/mol. The SMILES string of the molecule is CCOc1ccc(NC(=NC)NCc2cccc(CN(C)C)c2)cc1OC.I. The summed E-state index contributed by atoms with van der Waals surface area (Å²) in [6.45, 7) is 4.16. The summed E-state index contributed by atoms with van der Waals surface area (Å²) in [6, 6.07) is 14.3. The fraction of sp³-hybridized carbons (Fsp3) is 0.381. The number of hydrogen-bond acceptors (Lipinski definition) is 4. The molecule has 0 fully saturated rings. The molecule has 0 radical (unpaired) electrons. The van der Waals surface area contributed by atoms with Crippen LogP contribution in [0.2, 0.25) is 0 Å². The first-order chi connectivity index (χ1) is 13.0. The average molecular weight is 498 g/mol. The van der Waals surface area contributed by atoms with Crippen molar-refractivity contribution in [1.29, 1.82) is 0 Å². The van der Waals surface area contributed by atoms with Crippen molar-refractivity contribution in [2.24, 2.45) is 4.99 Å². The van der Waals surface area contributed by atoms with Gasteiger partial charge in [-0.05, 0) is 44.3 Å². The van der Waals surface area contributed by atoms with Crippen LogP contribution in [0.3, 0.4) is 0 Å². The Labute approximate surface area is 185 Å². The molecule has 28 heavy (non-hydrogen) atoms. The molecule has 0 amide bonds. The number of halogens is 1. The number of anilines is 1. The van der Waals surface area contributed by atoms with Gasteiger partial charge in [0.2, 0.25) is 0 Å². The maximum absolute atomic E-state index is 5.56. The number of hydrogen-bond donors (Lipinski definition) is 2. The summed E-state index contributed by atoms with van der Waals surface area (Å²) >= 11 is 0. The minimum Gasteiger partial charge on any atom is -0.493 e. The molecule has 0 aliphatic rings. The van der Waals surface area contributed by atoms with Crippen LogP contribution in [-0.4, -0.2) is 45.7 Å². The van der Waals surface area contributed by atoms with Gasteiger partial charge in [-0.15, -0.1) is 24.0 Å². The number of nitrogens with one attached hydrogen (secondary N) is 2. The number of ether oxygens (including phenoxy) is 2. The molecule has 0 heterocycles. The molecule has 2 aromatic rings. The van der Waals surface area contributed by atoms with Gasteiger partial charge in [-0.25, -0.2) is 0 Å². The van der Waals surface area contributed by atoms with Crippen LogP contribution in [0.5, 0.6) is 11.5 Å². The Kier molecular flexibility index (Phi) is 10.7. The van der Waals surface area contributed by atoms with E-state index in [2.05, 4.69) is 58.9 Å². The molecule has 154 valence electrons. The minimum absolute atomic E-state index is 0. The van der Waals surface area contributed by atoms with Crippen molar-refractivity contribution in [3.8, 4) is 11.5 Å². The largest absolute Gasteiger partial charge is 0.493 e. The van der Waals surface area contributed by atoms with E-state index in [4.69, 9.17) is 9.47 Å². The Hall–Kier alpha value is -2.00. The lowest BCUT2D eigenvalue weighted by atomic mass is 10.1. The zero-order chi connectivity index (χ0) is 19.6. The molecule has 0 aliphatic carbocycles. The summed E-state index contributed by atoms with van der Waals surface area (Å²) in [6.07, 6.45) is 0. The van der Waals surface area contributed by atoms with Crippen molar-refractivity contribution < 1.29 is 9.47 Å². The first kappa shape index (κ1) is 24.0. The molecule has 0 aliphatic heterocycles. The molecule has 2 rings (SSSR count). The molecule has 0 spiro atoms. The van der Waals surface area contributed by atoms with Gasteiger partial charge in [0.1, 0.15) is 0 Å². The van der Waals surface area contributed by atoms with E-state index in [1.54, 1.807) is 14.2 Å². The van der Waals surface area contributed by atoms with E-state index >= 15 is 0 Å². The lowest BCUT2D eigenvalue weighted by molar-refractivity contribution is 0.311. The highest BCUT2D eigenvalue weighted by Crippen LogP contribution is 2.30. The van der Waals surface area contributed by atoms with Crippen molar-refractivity contribution in [3.05, 3.63) is 53.6 Å². The minimum atomic E-state index is 0. The van der Waals surface area contributed by atoms with Crippen LogP contribution in [0.25, 0.3) is 0 Å². The topological polar surface area (TPSA) is 58.1 Å². The summed E-state index contributed by atoms with van der Waals surface area (Å²) in [4.78, 5) is 6.46. The van der Waals surface area contributed by atoms with E-state index < -0.39 is 0 Å². The molecule has 2 aromatic carbocycles. The quantitative estimate of drug-likeness (QED) is 0.328. The summed E-state index contributed by atoms with van der Waals surface area (Å²) in [5.41, 5.74) is 3.38. The Morgan fingerprint density at radius 3 is 2.46 bits per heavy atom. The molecule has 0 saturated heterocycles. The van der Waals surface area contributed by atoms with E-state index in [1.165, 1.54) is 11.1 Å². The van der Waals surface area contributed by atoms with Crippen molar-refractivity contribution in [1.82, 2.24) is 10.2 Å². The lowest BCUT2D eigenvalue weighted by Crippen LogP contribution is -2.30. The predicted octanol–water partition coefficient (Wildman–Crippen LogP) is 3.96. The lowest BCUT2D eigenvalue weighted by Gasteiger charge is -2.15. The van der Waals surface area contributed by atoms with Crippen LogP contribution in [0.15, 0.2) is 47.5 Å². The summed E-state index contributed by atoms with van der Waals surface area (Å²) in [5, 5.41) is 6.63.